The summed E-state index contributed by atoms with van der Waals surface area (Å²) in [6.45, 7) is 1.63. The lowest BCUT2D eigenvalue weighted by Crippen LogP contribution is -2.59. The third-order valence-electron chi connectivity index (χ3n) is 5.61. The first-order valence-electron chi connectivity index (χ1n) is 10.3. The van der Waals surface area contributed by atoms with E-state index in [-0.39, 0.29) is 12.3 Å². The second kappa shape index (κ2) is 8.54. The fraction of sp³-hybridized carbons (Fsp3) is 0.364. The minimum absolute atomic E-state index is 0.0736. The molecule has 7 nitrogen and oxygen atoms in total. The molecule has 4 rings (SSSR count). The standard InChI is InChI=1S/C22H21F4N3O4/c1-12-9-15(19(33-12)22(24,25)26)27-20(31)17-18(30)16-7-2-3-8-28(16)29(21(17)32)11-13-5-4-6-14(23)10-13/h4-6,9-10,16,30H,2-3,7-8,11H2,1H3,(H,27,31). The molecule has 0 bridgehead atoms. The summed E-state index contributed by atoms with van der Waals surface area (Å²) < 4.78 is 58.1. The van der Waals surface area contributed by atoms with E-state index < -0.39 is 52.6 Å². The molecular formula is C22H21F4N3O4. The molecule has 176 valence electrons. The summed E-state index contributed by atoms with van der Waals surface area (Å²) in [5, 5.41) is 15.7. The van der Waals surface area contributed by atoms with Gasteiger partial charge in [0.1, 0.15) is 22.9 Å². The number of hydrazine groups is 1. The second-order valence-electron chi connectivity index (χ2n) is 7.98. The molecule has 11 heteroatoms. The number of alkyl halides is 3. The lowest BCUT2D eigenvalue weighted by Gasteiger charge is -2.46. The molecule has 1 aromatic carbocycles. The molecule has 2 aliphatic heterocycles. The summed E-state index contributed by atoms with van der Waals surface area (Å²) in [4.78, 5) is 26.2. The van der Waals surface area contributed by atoms with Crippen LogP contribution in [0.2, 0.25) is 0 Å². The number of benzene rings is 1. The van der Waals surface area contributed by atoms with E-state index in [9.17, 15) is 32.3 Å². The Hall–Kier alpha value is -3.34. The number of amides is 2. The van der Waals surface area contributed by atoms with Crippen LogP contribution in [0.4, 0.5) is 23.2 Å². The molecule has 0 saturated carbocycles. The number of carbonyl (C=O) groups is 2. The van der Waals surface area contributed by atoms with Crippen LogP contribution in [-0.4, -0.2) is 39.5 Å². The minimum atomic E-state index is -4.87. The number of carbonyl (C=O) groups excluding carboxylic acids is 2. The Morgan fingerprint density at radius 3 is 2.73 bits per heavy atom. The number of halogens is 4. The van der Waals surface area contributed by atoms with Gasteiger partial charge in [0, 0.05) is 12.6 Å². The van der Waals surface area contributed by atoms with Gasteiger partial charge in [0.25, 0.3) is 11.8 Å². The normalized spacial score (nSPS) is 19.6. The SMILES string of the molecule is Cc1cc(NC(=O)C2=C(O)C3CCCCN3N(Cc3cccc(F)c3)C2=O)c(C(F)(F)F)o1. The maximum Gasteiger partial charge on any atom is 0.451 e. The molecule has 2 amide bonds. The van der Waals surface area contributed by atoms with Crippen molar-refractivity contribution in [3.05, 3.63) is 64.6 Å². The van der Waals surface area contributed by atoms with Gasteiger partial charge in [-0.3, -0.25) is 14.6 Å². The first-order valence-corrected chi connectivity index (χ1v) is 10.3. The summed E-state index contributed by atoms with van der Waals surface area (Å²) in [5.74, 6) is -4.57. The largest absolute Gasteiger partial charge is 0.510 e. The number of furan rings is 1. The molecule has 1 atom stereocenters. The zero-order valence-electron chi connectivity index (χ0n) is 17.6. The molecule has 2 aromatic rings. The number of rotatable bonds is 4. The molecular weight excluding hydrogens is 446 g/mol. The van der Waals surface area contributed by atoms with Crippen molar-refractivity contribution in [3.63, 3.8) is 0 Å². The van der Waals surface area contributed by atoms with Crippen molar-refractivity contribution >= 4 is 17.5 Å². The average molecular weight is 467 g/mol. The van der Waals surface area contributed by atoms with Crippen LogP contribution in [0.1, 0.15) is 36.3 Å². The van der Waals surface area contributed by atoms with Gasteiger partial charge in [0.2, 0.25) is 5.76 Å². The molecule has 1 fully saturated rings. The van der Waals surface area contributed by atoms with Crippen LogP contribution in [0.3, 0.4) is 0 Å². The Morgan fingerprint density at radius 2 is 2.03 bits per heavy atom. The summed E-state index contributed by atoms with van der Waals surface area (Å²) in [6.07, 6.45) is -2.97. The summed E-state index contributed by atoms with van der Waals surface area (Å²) >= 11 is 0. The van der Waals surface area contributed by atoms with Crippen molar-refractivity contribution in [2.75, 3.05) is 11.9 Å². The predicted molar refractivity (Wildman–Crippen MR) is 108 cm³/mol. The van der Waals surface area contributed by atoms with E-state index >= 15 is 0 Å². The fourth-order valence-electron chi connectivity index (χ4n) is 4.19. The van der Waals surface area contributed by atoms with Crippen molar-refractivity contribution in [1.82, 2.24) is 10.0 Å². The van der Waals surface area contributed by atoms with Gasteiger partial charge in [-0.05, 0) is 37.5 Å². The van der Waals surface area contributed by atoms with E-state index in [1.54, 1.807) is 11.1 Å². The molecule has 1 unspecified atom stereocenters. The van der Waals surface area contributed by atoms with E-state index in [1.165, 1.54) is 30.1 Å². The molecule has 0 aliphatic carbocycles. The summed E-state index contributed by atoms with van der Waals surface area (Å²) in [5.41, 5.74) is -0.846. The number of nitrogens with one attached hydrogen (secondary N) is 1. The molecule has 2 aliphatic rings. The van der Waals surface area contributed by atoms with Crippen molar-refractivity contribution in [3.8, 4) is 0 Å². The second-order valence-corrected chi connectivity index (χ2v) is 7.98. The van der Waals surface area contributed by atoms with E-state index in [2.05, 4.69) is 9.73 Å². The van der Waals surface area contributed by atoms with Gasteiger partial charge in [-0.2, -0.15) is 13.2 Å². The van der Waals surface area contributed by atoms with E-state index in [0.29, 0.717) is 18.5 Å². The number of aliphatic hydroxyl groups is 1. The third-order valence-corrected chi connectivity index (χ3v) is 5.61. The van der Waals surface area contributed by atoms with Crippen LogP contribution in [0.5, 0.6) is 0 Å². The van der Waals surface area contributed by atoms with Crippen LogP contribution in [0, 0.1) is 12.7 Å². The summed E-state index contributed by atoms with van der Waals surface area (Å²) in [7, 11) is 0. The van der Waals surface area contributed by atoms with E-state index in [4.69, 9.17) is 0 Å². The smallest absolute Gasteiger partial charge is 0.451 e. The topological polar surface area (TPSA) is 86.0 Å². The third kappa shape index (κ3) is 4.45. The van der Waals surface area contributed by atoms with Crippen LogP contribution in [0.15, 0.2) is 46.1 Å². The van der Waals surface area contributed by atoms with E-state index in [0.717, 1.165) is 18.9 Å². The number of fused-ring (bicyclic) bond motifs is 1. The number of aryl methyl sites for hydroxylation is 1. The Kier molecular flexibility index (Phi) is 5.91. The van der Waals surface area contributed by atoms with Crippen LogP contribution in [0.25, 0.3) is 0 Å². The van der Waals surface area contributed by atoms with Crippen LogP contribution < -0.4 is 5.32 Å². The van der Waals surface area contributed by atoms with Gasteiger partial charge < -0.3 is 14.8 Å². The minimum Gasteiger partial charge on any atom is -0.510 e. The molecule has 0 radical (unpaired) electrons. The van der Waals surface area contributed by atoms with Gasteiger partial charge >= 0.3 is 6.18 Å². The van der Waals surface area contributed by atoms with Gasteiger partial charge in [0.05, 0.1) is 18.3 Å². The first-order chi connectivity index (χ1) is 15.6. The zero-order valence-corrected chi connectivity index (χ0v) is 17.6. The number of piperidine rings is 1. The highest BCUT2D eigenvalue weighted by atomic mass is 19.4. The molecule has 33 heavy (non-hydrogen) atoms. The Bertz CT molecular complexity index is 1130. The molecule has 1 saturated heterocycles. The van der Waals surface area contributed by atoms with Crippen molar-refractivity contribution < 1.29 is 36.7 Å². The summed E-state index contributed by atoms with van der Waals surface area (Å²) in [6, 6.07) is 5.88. The molecule has 0 spiro atoms. The van der Waals surface area contributed by atoms with Gasteiger partial charge in [-0.25, -0.2) is 9.40 Å². The number of nitrogens with zero attached hydrogens (tertiary/aromatic N) is 2. The number of anilines is 1. The number of hydrogen-bond donors (Lipinski definition) is 2. The van der Waals surface area contributed by atoms with Gasteiger partial charge in [-0.1, -0.05) is 18.6 Å². The Labute approximate surface area is 186 Å². The van der Waals surface area contributed by atoms with Crippen molar-refractivity contribution in [2.24, 2.45) is 0 Å². The number of hydrogen-bond acceptors (Lipinski definition) is 5. The fourth-order valence-corrected chi connectivity index (χ4v) is 4.19. The van der Waals surface area contributed by atoms with Crippen molar-refractivity contribution in [1.29, 1.82) is 0 Å². The Balaban J connectivity index is 1.68. The van der Waals surface area contributed by atoms with Gasteiger partial charge in [0.15, 0.2) is 0 Å². The maximum atomic E-state index is 13.7. The van der Waals surface area contributed by atoms with Gasteiger partial charge in [-0.15, -0.1) is 0 Å². The predicted octanol–water partition coefficient (Wildman–Crippen LogP) is 4.31. The van der Waals surface area contributed by atoms with Crippen LogP contribution >= 0.6 is 0 Å². The lowest BCUT2D eigenvalue weighted by atomic mass is 9.95. The average Bonchev–Trinajstić information content (AvgIpc) is 3.12. The zero-order chi connectivity index (χ0) is 23.9. The monoisotopic (exact) mass is 467 g/mol. The first kappa shape index (κ1) is 22.8. The van der Waals surface area contributed by atoms with Crippen LogP contribution in [-0.2, 0) is 22.3 Å². The Morgan fingerprint density at radius 1 is 1.27 bits per heavy atom. The highest BCUT2D eigenvalue weighted by molar-refractivity contribution is 6.23. The lowest BCUT2D eigenvalue weighted by molar-refractivity contribution is -0.159. The molecule has 1 aromatic heterocycles. The number of aliphatic hydroxyl groups excluding tert-OH is 1. The van der Waals surface area contributed by atoms with E-state index in [1.807, 2.05) is 0 Å². The van der Waals surface area contributed by atoms with Crippen molar-refractivity contribution in [2.45, 2.75) is 44.9 Å². The molecule has 2 N–H and O–H groups in total. The highest BCUT2D eigenvalue weighted by Crippen LogP contribution is 2.38. The molecule has 3 heterocycles. The maximum absolute atomic E-state index is 13.7. The highest BCUT2D eigenvalue weighted by Gasteiger charge is 2.45. The quantitative estimate of drug-likeness (QED) is 0.517.